The number of fused-ring (bicyclic) bond motifs is 1. The number of nitrogens with one attached hydrogen (secondary N) is 2. The Bertz CT molecular complexity index is 324. The first-order valence-corrected chi connectivity index (χ1v) is 4.93. The van der Waals surface area contributed by atoms with Gasteiger partial charge in [-0.3, -0.25) is 4.79 Å². The fourth-order valence-electron chi connectivity index (χ4n) is 1.75. The van der Waals surface area contributed by atoms with E-state index in [9.17, 15) is 4.79 Å². The second-order valence-corrected chi connectivity index (χ2v) is 3.45. The van der Waals surface area contributed by atoms with Crippen molar-refractivity contribution >= 4 is 11.6 Å². The minimum Gasteiger partial charge on any atom is -0.373 e. The van der Waals surface area contributed by atoms with E-state index in [0.29, 0.717) is 6.54 Å². The summed E-state index contributed by atoms with van der Waals surface area (Å²) in [4.78, 5) is 11.5. The molecular formula is C11H14N2O. The second-order valence-electron chi connectivity index (χ2n) is 3.45. The third-order valence-electron chi connectivity index (χ3n) is 2.44. The molecule has 0 radical (unpaired) electrons. The summed E-state index contributed by atoms with van der Waals surface area (Å²) in [6.07, 6.45) is 0.794. The van der Waals surface area contributed by atoms with Gasteiger partial charge in [-0.15, -0.1) is 0 Å². The van der Waals surface area contributed by atoms with Crippen LogP contribution < -0.4 is 10.6 Å². The molecule has 3 heteroatoms. The molecule has 1 amide bonds. The van der Waals surface area contributed by atoms with Gasteiger partial charge in [0.25, 0.3) is 0 Å². The number of likely N-dealkylation sites (N-methyl/N-ethyl adjacent to an activating group) is 1. The van der Waals surface area contributed by atoms with Gasteiger partial charge >= 0.3 is 0 Å². The van der Waals surface area contributed by atoms with E-state index in [2.05, 4.69) is 16.7 Å². The van der Waals surface area contributed by atoms with Crippen molar-refractivity contribution in [2.45, 2.75) is 19.4 Å². The zero-order chi connectivity index (χ0) is 9.97. The molecule has 1 aromatic carbocycles. The van der Waals surface area contributed by atoms with Gasteiger partial charge in [-0.05, 0) is 18.6 Å². The molecule has 1 aliphatic rings. The lowest BCUT2D eigenvalue weighted by Gasteiger charge is -2.09. The van der Waals surface area contributed by atoms with Gasteiger partial charge in [0.15, 0.2) is 0 Å². The van der Waals surface area contributed by atoms with Crippen LogP contribution in [0.1, 0.15) is 12.5 Å². The van der Waals surface area contributed by atoms with Crippen LogP contribution in [-0.4, -0.2) is 18.5 Å². The number of hydrogen-bond acceptors (Lipinski definition) is 2. The van der Waals surface area contributed by atoms with E-state index in [-0.39, 0.29) is 11.9 Å². The fraction of sp³-hybridized carbons (Fsp3) is 0.364. The average Bonchev–Trinajstić information content (AvgIpc) is 2.61. The molecule has 3 nitrogen and oxygen atoms in total. The molecule has 0 saturated carbocycles. The highest BCUT2D eigenvalue weighted by molar-refractivity contribution is 5.87. The van der Waals surface area contributed by atoms with Crippen molar-refractivity contribution < 1.29 is 4.79 Å². The molecule has 1 aliphatic heterocycles. The number of para-hydroxylation sites is 1. The Morgan fingerprint density at radius 1 is 1.57 bits per heavy atom. The first-order valence-electron chi connectivity index (χ1n) is 4.93. The van der Waals surface area contributed by atoms with Crippen LogP contribution in [0.5, 0.6) is 0 Å². The van der Waals surface area contributed by atoms with Gasteiger partial charge in [-0.2, -0.15) is 0 Å². The Morgan fingerprint density at radius 3 is 3.07 bits per heavy atom. The third-order valence-corrected chi connectivity index (χ3v) is 2.44. The highest BCUT2D eigenvalue weighted by Gasteiger charge is 2.25. The topological polar surface area (TPSA) is 41.1 Å². The van der Waals surface area contributed by atoms with Crippen molar-refractivity contribution in [2.24, 2.45) is 0 Å². The number of carbonyl (C=O) groups is 1. The summed E-state index contributed by atoms with van der Waals surface area (Å²) in [5.74, 6) is 0.0868. The summed E-state index contributed by atoms with van der Waals surface area (Å²) in [6, 6.07) is 7.95. The zero-order valence-electron chi connectivity index (χ0n) is 8.21. The summed E-state index contributed by atoms with van der Waals surface area (Å²) < 4.78 is 0. The Hall–Kier alpha value is -1.51. The minimum atomic E-state index is -0.0904. The van der Waals surface area contributed by atoms with Crippen LogP contribution in [0.15, 0.2) is 24.3 Å². The van der Waals surface area contributed by atoms with Crippen molar-refractivity contribution in [1.82, 2.24) is 5.32 Å². The zero-order valence-corrected chi connectivity index (χ0v) is 8.21. The average molecular weight is 190 g/mol. The van der Waals surface area contributed by atoms with E-state index in [0.717, 1.165) is 12.1 Å². The molecule has 0 fully saturated rings. The van der Waals surface area contributed by atoms with Gasteiger partial charge in [-0.25, -0.2) is 0 Å². The minimum absolute atomic E-state index is 0.0868. The van der Waals surface area contributed by atoms with Gasteiger partial charge in [0.1, 0.15) is 6.04 Å². The Morgan fingerprint density at radius 2 is 2.36 bits per heavy atom. The number of rotatable bonds is 2. The maximum atomic E-state index is 11.5. The van der Waals surface area contributed by atoms with Crippen LogP contribution in [0.3, 0.4) is 0 Å². The smallest absolute Gasteiger partial charge is 0.242 e. The van der Waals surface area contributed by atoms with E-state index in [1.165, 1.54) is 5.56 Å². The molecule has 0 bridgehead atoms. The first-order chi connectivity index (χ1) is 6.81. The standard InChI is InChI=1S/C11H14N2O/c1-2-12-11(14)10-7-8-5-3-4-6-9(8)13-10/h3-6,10,13H,2,7H2,1H3,(H,12,14)/t10-/m1/s1. The fourth-order valence-corrected chi connectivity index (χ4v) is 1.75. The van der Waals surface area contributed by atoms with Crippen molar-refractivity contribution in [3.63, 3.8) is 0 Å². The third kappa shape index (κ3) is 1.58. The van der Waals surface area contributed by atoms with E-state index >= 15 is 0 Å². The molecule has 1 atom stereocenters. The summed E-state index contributed by atoms with van der Waals surface area (Å²) in [5, 5.41) is 6.03. The largest absolute Gasteiger partial charge is 0.373 e. The highest BCUT2D eigenvalue weighted by atomic mass is 16.2. The maximum absolute atomic E-state index is 11.5. The second kappa shape index (κ2) is 3.70. The summed E-state index contributed by atoms with van der Waals surface area (Å²) in [6.45, 7) is 2.62. The van der Waals surface area contributed by atoms with Crippen molar-refractivity contribution in [3.05, 3.63) is 29.8 Å². The Labute approximate surface area is 83.5 Å². The molecule has 1 heterocycles. The summed E-state index contributed by atoms with van der Waals surface area (Å²) >= 11 is 0. The predicted octanol–water partition coefficient (Wildman–Crippen LogP) is 1.16. The molecule has 1 aromatic rings. The molecule has 74 valence electrons. The van der Waals surface area contributed by atoms with Crippen LogP contribution in [-0.2, 0) is 11.2 Å². The number of hydrogen-bond donors (Lipinski definition) is 2. The SMILES string of the molecule is CCNC(=O)[C@H]1Cc2ccccc2N1. The van der Waals surface area contributed by atoms with E-state index < -0.39 is 0 Å². The van der Waals surface area contributed by atoms with E-state index in [1.807, 2.05) is 25.1 Å². The number of anilines is 1. The molecule has 0 aliphatic carbocycles. The summed E-state index contributed by atoms with van der Waals surface area (Å²) in [5.41, 5.74) is 2.31. The summed E-state index contributed by atoms with van der Waals surface area (Å²) in [7, 11) is 0. The van der Waals surface area contributed by atoms with Crippen molar-refractivity contribution in [3.8, 4) is 0 Å². The molecule has 14 heavy (non-hydrogen) atoms. The Kier molecular flexibility index (Phi) is 2.39. The van der Waals surface area contributed by atoms with Gasteiger partial charge in [0, 0.05) is 18.7 Å². The molecule has 2 rings (SSSR count). The normalized spacial score (nSPS) is 18.5. The highest BCUT2D eigenvalue weighted by Crippen LogP contribution is 2.24. The molecule has 0 saturated heterocycles. The lowest BCUT2D eigenvalue weighted by Crippen LogP contribution is -2.38. The lowest BCUT2D eigenvalue weighted by molar-refractivity contribution is -0.121. The molecular weight excluding hydrogens is 176 g/mol. The maximum Gasteiger partial charge on any atom is 0.242 e. The van der Waals surface area contributed by atoms with Crippen LogP contribution in [0.4, 0.5) is 5.69 Å². The van der Waals surface area contributed by atoms with Crippen LogP contribution in [0.25, 0.3) is 0 Å². The Balaban J connectivity index is 2.08. The van der Waals surface area contributed by atoms with Gasteiger partial charge in [0.05, 0.1) is 0 Å². The molecule has 0 aromatic heterocycles. The number of carbonyl (C=O) groups excluding carboxylic acids is 1. The van der Waals surface area contributed by atoms with E-state index in [1.54, 1.807) is 0 Å². The van der Waals surface area contributed by atoms with Gasteiger partial charge < -0.3 is 10.6 Å². The van der Waals surface area contributed by atoms with Crippen LogP contribution in [0, 0.1) is 0 Å². The predicted molar refractivity (Wildman–Crippen MR) is 56.2 cm³/mol. The van der Waals surface area contributed by atoms with Crippen LogP contribution >= 0.6 is 0 Å². The monoisotopic (exact) mass is 190 g/mol. The van der Waals surface area contributed by atoms with Gasteiger partial charge in [-0.1, -0.05) is 18.2 Å². The molecule has 2 N–H and O–H groups in total. The van der Waals surface area contributed by atoms with Crippen molar-refractivity contribution in [2.75, 3.05) is 11.9 Å². The number of amides is 1. The quantitative estimate of drug-likeness (QED) is 0.734. The number of benzene rings is 1. The van der Waals surface area contributed by atoms with Crippen molar-refractivity contribution in [1.29, 1.82) is 0 Å². The van der Waals surface area contributed by atoms with Crippen LogP contribution in [0.2, 0.25) is 0 Å². The molecule has 0 spiro atoms. The van der Waals surface area contributed by atoms with Gasteiger partial charge in [0.2, 0.25) is 5.91 Å². The first kappa shape index (κ1) is 9.06. The lowest BCUT2D eigenvalue weighted by atomic mass is 10.1. The van der Waals surface area contributed by atoms with E-state index in [4.69, 9.17) is 0 Å². The molecule has 0 unspecified atom stereocenters.